The van der Waals surface area contributed by atoms with Crippen molar-refractivity contribution < 1.29 is 5.11 Å². The summed E-state index contributed by atoms with van der Waals surface area (Å²) in [7, 11) is 0. The van der Waals surface area contributed by atoms with E-state index in [-0.39, 0.29) is 5.56 Å². The lowest BCUT2D eigenvalue weighted by molar-refractivity contribution is 0.313. The number of nitrogens with one attached hydrogen (secondary N) is 2. The zero-order chi connectivity index (χ0) is 15.1. The van der Waals surface area contributed by atoms with Crippen LogP contribution in [-0.4, -0.2) is 51.9 Å². The van der Waals surface area contributed by atoms with Gasteiger partial charge in [-0.2, -0.15) is 0 Å². The van der Waals surface area contributed by atoms with Gasteiger partial charge in [0.1, 0.15) is 5.56 Å². The van der Waals surface area contributed by atoms with E-state index in [0.29, 0.717) is 18.7 Å². The highest BCUT2D eigenvalue weighted by Crippen LogP contribution is 2.09. The summed E-state index contributed by atoms with van der Waals surface area (Å²) in [5.74, 6) is -0.429. The summed E-state index contributed by atoms with van der Waals surface area (Å²) in [5, 5.41) is 9.71. The molecule has 0 saturated carbocycles. The molecule has 1 aromatic rings. The van der Waals surface area contributed by atoms with E-state index in [9.17, 15) is 14.7 Å². The van der Waals surface area contributed by atoms with Crippen molar-refractivity contribution in [3.63, 3.8) is 0 Å². The lowest BCUT2D eigenvalue weighted by atomic mass is 10.1. The standard InChI is InChI=1S/C13H22N4O3/c1-4-9(14-7-8-17(5-2)6-3)10-11(18)15-13(20)16-12(10)19/h4-8H2,1-3H3,(H3,15,16,18,19,20). The van der Waals surface area contributed by atoms with Gasteiger partial charge in [0, 0.05) is 6.54 Å². The number of aromatic amines is 2. The van der Waals surface area contributed by atoms with Crippen molar-refractivity contribution in [1.29, 1.82) is 0 Å². The molecule has 7 nitrogen and oxygen atoms in total. The minimum Gasteiger partial charge on any atom is -0.494 e. The van der Waals surface area contributed by atoms with E-state index in [1.54, 1.807) is 0 Å². The summed E-state index contributed by atoms with van der Waals surface area (Å²) in [5.41, 5.74) is -0.802. The van der Waals surface area contributed by atoms with Crippen LogP contribution in [0.15, 0.2) is 14.6 Å². The number of nitrogens with zero attached hydrogens (tertiary/aromatic N) is 2. The molecule has 0 unspecified atom stereocenters. The van der Waals surface area contributed by atoms with E-state index in [0.717, 1.165) is 19.6 Å². The van der Waals surface area contributed by atoms with Crippen LogP contribution in [0.2, 0.25) is 0 Å². The van der Waals surface area contributed by atoms with Gasteiger partial charge in [-0.05, 0) is 19.5 Å². The number of likely N-dealkylation sites (N-methyl/N-ethyl adjacent to an activating group) is 1. The average Bonchev–Trinajstić information content (AvgIpc) is 2.40. The van der Waals surface area contributed by atoms with Crippen LogP contribution in [0.5, 0.6) is 5.88 Å². The second kappa shape index (κ2) is 7.64. The molecule has 3 N–H and O–H groups in total. The zero-order valence-corrected chi connectivity index (χ0v) is 12.2. The van der Waals surface area contributed by atoms with E-state index >= 15 is 0 Å². The number of hydrogen-bond acceptors (Lipinski definition) is 5. The van der Waals surface area contributed by atoms with Crippen molar-refractivity contribution in [3.8, 4) is 5.88 Å². The van der Waals surface area contributed by atoms with E-state index in [2.05, 4.69) is 33.7 Å². The van der Waals surface area contributed by atoms with E-state index in [1.807, 2.05) is 6.92 Å². The molecule has 0 aliphatic heterocycles. The number of aromatic hydroxyl groups is 1. The summed E-state index contributed by atoms with van der Waals surface area (Å²) >= 11 is 0. The van der Waals surface area contributed by atoms with Gasteiger partial charge in [-0.1, -0.05) is 20.8 Å². The molecule has 0 aliphatic carbocycles. The Labute approximate surface area is 117 Å². The summed E-state index contributed by atoms with van der Waals surface area (Å²) in [6.07, 6.45) is 0.501. The molecule has 1 aromatic heterocycles. The predicted molar refractivity (Wildman–Crippen MR) is 78.8 cm³/mol. The van der Waals surface area contributed by atoms with E-state index < -0.39 is 17.1 Å². The van der Waals surface area contributed by atoms with Crippen LogP contribution >= 0.6 is 0 Å². The molecule has 0 aromatic carbocycles. The van der Waals surface area contributed by atoms with Crippen LogP contribution in [0.25, 0.3) is 0 Å². The first-order chi connectivity index (χ1) is 9.53. The fourth-order valence-corrected chi connectivity index (χ4v) is 1.98. The Morgan fingerprint density at radius 1 is 1.20 bits per heavy atom. The van der Waals surface area contributed by atoms with Crippen LogP contribution in [0.1, 0.15) is 32.8 Å². The van der Waals surface area contributed by atoms with Crippen LogP contribution < -0.4 is 11.2 Å². The maximum absolute atomic E-state index is 11.7. The molecule has 0 saturated heterocycles. The van der Waals surface area contributed by atoms with E-state index in [1.165, 1.54) is 0 Å². The first kappa shape index (κ1) is 16.2. The Hall–Kier alpha value is -1.89. The van der Waals surface area contributed by atoms with Gasteiger partial charge in [-0.25, -0.2) is 4.79 Å². The van der Waals surface area contributed by atoms with Gasteiger partial charge in [0.25, 0.3) is 5.56 Å². The Morgan fingerprint density at radius 3 is 2.35 bits per heavy atom. The number of hydrogen-bond donors (Lipinski definition) is 3. The SMILES string of the molecule is CCC(=NCCN(CC)CC)c1c(O)[nH]c(=O)[nH]c1=O. The largest absolute Gasteiger partial charge is 0.494 e. The van der Waals surface area contributed by atoms with Crippen LogP contribution in [0.3, 0.4) is 0 Å². The molecule has 0 radical (unpaired) electrons. The quantitative estimate of drug-likeness (QED) is 0.626. The van der Waals surface area contributed by atoms with Gasteiger partial charge in [0.2, 0.25) is 5.88 Å². The van der Waals surface area contributed by atoms with Crippen molar-refractivity contribution in [2.45, 2.75) is 27.2 Å². The minimum absolute atomic E-state index is 0.0478. The first-order valence-electron chi connectivity index (χ1n) is 6.85. The number of rotatable bonds is 7. The van der Waals surface area contributed by atoms with Gasteiger partial charge in [0.05, 0.1) is 12.3 Å². The topological polar surface area (TPSA) is 102 Å². The highest BCUT2D eigenvalue weighted by atomic mass is 16.3. The van der Waals surface area contributed by atoms with Gasteiger partial charge < -0.3 is 10.0 Å². The number of aliphatic imine (C=N–C) groups is 1. The average molecular weight is 282 g/mol. The Kier molecular flexibility index (Phi) is 6.17. The molecule has 0 fully saturated rings. The Bertz CT molecular complexity index is 570. The van der Waals surface area contributed by atoms with Crippen molar-refractivity contribution in [1.82, 2.24) is 14.9 Å². The molecule has 1 heterocycles. The molecule has 0 spiro atoms. The molecule has 7 heteroatoms. The summed E-state index contributed by atoms with van der Waals surface area (Å²) in [6.45, 7) is 9.22. The molecule has 0 aliphatic rings. The zero-order valence-electron chi connectivity index (χ0n) is 12.2. The Balaban J connectivity index is 2.97. The lowest BCUT2D eigenvalue weighted by Crippen LogP contribution is -2.29. The normalized spacial score (nSPS) is 12.1. The van der Waals surface area contributed by atoms with Crippen LogP contribution in [-0.2, 0) is 0 Å². The highest BCUT2D eigenvalue weighted by molar-refractivity contribution is 6.01. The molecular weight excluding hydrogens is 260 g/mol. The second-order valence-electron chi connectivity index (χ2n) is 4.34. The number of aromatic nitrogens is 2. The molecule has 0 atom stereocenters. The van der Waals surface area contributed by atoms with Gasteiger partial charge in [-0.15, -0.1) is 0 Å². The van der Waals surface area contributed by atoms with Crippen molar-refractivity contribution in [3.05, 3.63) is 26.4 Å². The highest BCUT2D eigenvalue weighted by Gasteiger charge is 2.13. The maximum Gasteiger partial charge on any atom is 0.328 e. The molecule has 0 bridgehead atoms. The third-order valence-electron chi connectivity index (χ3n) is 3.16. The summed E-state index contributed by atoms with van der Waals surface area (Å²) in [6, 6.07) is 0. The molecular formula is C13H22N4O3. The Morgan fingerprint density at radius 2 is 1.85 bits per heavy atom. The lowest BCUT2D eigenvalue weighted by Gasteiger charge is -2.16. The summed E-state index contributed by atoms with van der Waals surface area (Å²) < 4.78 is 0. The molecule has 112 valence electrons. The number of H-pyrrole nitrogens is 2. The molecule has 20 heavy (non-hydrogen) atoms. The second-order valence-corrected chi connectivity index (χ2v) is 4.34. The first-order valence-corrected chi connectivity index (χ1v) is 6.85. The third-order valence-corrected chi connectivity index (χ3v) is 3.16. The smallest absolute Gasteiger partial charge is 0.328 e. The third kappa shape index (κ3) is 4.06. The van der Waals surface area contributed by atoms with E-state index in [4.69, 9.17) is 0 Å². The monoisotopic (exact) mass is 282 g/mol. The van der Waals surface area contributed by atoms with Gasteiger partial charge >= 0.3 is 5.69 Å². The fourth-order valence-electron chi connectivity index (χ4n) is 1.98. The minimum atomic E-state index is -0.727. The summed E-state index contributed by atoms with van der Waals surface area (Å²) in [4.78, 5) is 33.6. The van der Waals surface area contributed by atoms with Crippen molar-refractivity contribution in [2.24, 2.45) is 4.99 Å². The van der Waals surface area contributed by atoms with Gasteiger partial charge in [0.15, 0.2) is 0 Å². The fraction of sp³-hybridized carbons (Fsp3) is 0.615. The van der Waals surface area contributed by atoms with Crippen molar-refractivity contribution in [2.75, 3.05) is 26.2 Å². The molecule has 1 rings (SSSR count). The molecule has 0 amide bonds. The maximum atomic E-state index is 11.7. The van der Waals surface area contributed by atoms with Crippen molar-refractivity contribution >= 4 is 5.71 Å². The van der Waals surface area contributed by atoms with Crippen LogP contribution in [0, 0.1) is 0 Å². The predicted octanol–water partition coefficient (Wildman–Crippen LogP) is 0.310. The van der Waals surface area contributed by atoms with Gasteiger partial charge in [-0.3, -0.25) is 19.8 Å². The van der Waals surface area contributed by atoms with Crippen LogP contribution in [0.4, 0.5) is 0 Å².